The summed E-state index contributed by atoms with van der Waals surface area (Å²) in [4.78, 5) is 11.2. The highest BCUT2D eigenvalue weighted by Crippen LogP contribution is 2.18. The number of aryl methyl sites for hydroxylation is 1. The van der Waals surface area contributed by atoms with Crippen LogP contribution in [-0.2, 0) is 22.6 Å². The van der Waals surface area contributed by atoms with E-state index in [9.17, 15) is 4.79 Å². The van der Waals surface area contributed by atoms with E-state index >= 15 is 0 Å². The van der Waals surface area contributed by atoms with Crippen LogP contribution in [0.25, 0.3) is 0 Å². The third kappa shape index (κ3) is 4.24. The van der Waals surface area contributed by atoms with E-state index in [0.29, 0.717) is 6.54 Å². The van der Waals surface area contributed by atoms with E-state index in [2.05, 4.69) is 39.3 Å². The molecule has 0 amide bonds. The summed E-state index contributed by atoms with van der Waals surface area (Å²) in [5.74, 6) is 0.811. The first-order valence-corrected chi connectivity index (χ1v) is 8.04. The van der Waals surface area contributed by atoms with E-state index in [-0.39, 0.29) is 11.7 Å². The normalized spacial score (nSPS) is 10.5. The smallest absolute Gasteiger partial charge is 0.316 e. The van der Waals surface area contributed by atoms with E-state index in [1.165, 1.54) is 24.4 Å². The Hall–Kier alpha value is -2.02. The average molecular weight is 320 g/mol. The second kappa shape index (κ2) is 7.84. The van der Waals surface area contributed by atoms with Gasteiger partial charge in [-0.05, 0) is 26.0 Å². The van der Waals surface area contributed by atoms with Gasteiger partial charge in [-0.25, -0.2) is 0 Å². The number of esters is 1. The Labute approximate surface area is 134 Å². The lowest BCUT2D eigenvalue weighted by atomic mass is 10.2. The lowest BCUT2D eigenvalue weighted by Crippen LogP contribution is -2.10. The maximum absolute atomic E-state index is 11.2. The highest BCUT2D eigenvalue weighted by molar-refractivity contribution is 7.99. The Morgan fingerprint density at radius 1 is 1.32 bits per heavy atom. The van der Waals surface area contributed by atoms with Gasteiger partial charge in [0.25, 0.3) is 0 Å². The minimum atomic E-state index is -0.269. The van der Waals surface area contributed by atoms with Crippen LogP contribution < -0.4 is 5.32 Å². The first kappa shape index (κ1) is 16.4. The van der Waals surface area contributed by atoms with Crippen LogP contribution in [-0.4, -0.2) is 33.6 Å². The number of methoxy groups -OCH3 is 1. The number of carbonyl (C=O) groups excluding carboxylic acids is 1. The molecule has 0 aliphatic rings. The Kier molecular flexibility index (Phi) is 5.83. The van der Waals surface area contributed by atoms with Gasteiger partial charge in [0, 0.05) is 12.2 Å². The van der Waals surface area contributed by atoms with Crippen molar-refractivity contribution >= 4 is 23.4 Å². The molecule has 1 heterocycles. The van der Waals surface area contributed by atoms with Gasteiger partial charge in [0.1, 0.15) is 0 Å². The maximum atomic E-state index is 11.2. The number of anilines is 1. The van der Waals surface area contributed by atoms with Gasteiger partial charge in [-0.15, -0.1) is 10.2 Å². The van der Waals surface area contributed by atoms with Crippen molar-refractivity contribution in [2.45, 2.75) is 32.1 Å². The minimum Gasteiger partial charge on any atom is -0.468 e. The van der Waals surface area contributed by atoms with E-state index in [4.69, 9.17) is 0 Å². The molecular formula is C15H20N4O2S. The number of benzene rings is 1. The van der Waals surface area contributed by atoms with Gasteiger partial charge < -0.3 is 14.6 Å². The van der Waals surface area contributed by atoms with Crippen LogP contribution in [0.5, 0.6) is 0 Å². The van der Waals surface area contributed by atoms with E-state index in [1.807, 2.05) is 23.6 Å². The van der Waals surface area contributed by atoms with Crippen molar-refractivity contribution in [1.82, 2.24) is 14.8 Å². The van der Waals surface area contributed by atoms with Crippen LogP contribution in [0, 0.1) is 6.92 Å². The highest BCUT2D eigenvalue weighted by Gasteiger charge is 2.13. The number of aromatic nitrogens is 3. The number of thioether (sulfide) groups is 1. The molecule has 2 aromatic rings. The summed E-state index contributed by atoms with van der Waals surface area (Å²) >= 11 is 1.34. The number of ether oxygens (including phenoxy) is 1. The van der Waals surface area contributed by atoms with Gasteiger partial charge >= 0.3 is 5.97 Å². The number of nitrogens with one attached hydrogen (secondary N) is 1. The fourth-order valence-electron chi connectivity index (χ4n) is 1.91. The molecule has 0 aliphatic heterocycles. The van der Waals surface area contributed by atoms with Gasteiger partial charge in [-0.3, -0.25) is 4.79 Å². The summed E-state index contributed by atoms with van der Waals surface area (Å²) in [6.45, 7) is 5.42. The van der Waals surface area contributed by atoms with Crippen molar-refractivity contribution in [1.29, 1.82) is 0 Å². The third-order valence-corrected chi connectivity index (χ3v) is 4.10. The lowest BCUT2D eigenvalue weighted by Gasteiger charge is -2.09. The minimum absolute atomic E-state index is 0.236. The Morgan fingerprint density at radius 3 is 2.68 bits per heavy atom. The van der Waals surface area contributed by atoms with Crippen molar-refractivity contribution in [3.05, 3.63) is 35.7 Å². The van der Waals surface area contributed by atoms with Gasteiger partial charge in [0.2, 0.25) is 0 Å². The van der Waals surface area contributed by atoms with E-state index in [1.54, 1.807) is 0 Å². The zero-order valence-corrected chi connectivity index (χ0v) is 13.8. The topological polar surface area (TPSA) is 69.0 Å². The fourth-order valence-corrected chi connectivity index (χ4v) is 2.76. The summed E-state index contributed by atoms with van der Waals surface area (Å²) in [5, 5.41) is 12.4. The SMILES string of the molecule is CCn1c(CNc2ccc(C)cc2)nnc1SCC(=O)OC. The molecule has 7 heteroatoms. The molecule has 2 rings (SSSR count). The number of carbonyl (C=O) groups is 1. The molecule has 0 radical (unpaired) electrons. The van der Waals surface area contributed by atoms with E-state index < -0.39 is 0 Å². The van der Waals surface area contributed by atoms with Gasteiger partial charge in [-0.1, -0.05) is 29.5 Å². The van der Waals surface area contributed by atoms with Gasteiger partial charge in [-0.2, -0.15) is 0 Å². The van der Waals surface area contributed by atoms with Crippen molar-refractivity contribution in [2.24, 2.45) is 0 Å². The molecule has 6 nitrogen and oxygen atoms in total. The van der Waals surface area contributed by atoms with Crippen LogP contribution in [0.4, 0.5) is 5.69 Å². The lowest BCUT2D eigenvalue weighted by molar-refractivity contribution is -0.137. The number of rotatable bonds is 7. The van der Waals surface area contributed by atoms with Crippen molar-refractivity contribution in [2.75, 3.05) is 18.2 Å². The number of hydrogen-bond acceptors (Lipinski definition) is 6. The van der Waals surface area contributed by atoms with Crippen LogP contribution in [0.15, 0.2) is 29.4 Å². The standard InChI is InChI=1S/C15H20N4O2S/c1-4-19-13(9-16-12-7-5-11(2)6-8-12)17-18-15(19)22-10-14(20)21-3/h5-8,16H,4,9-10H2,1-3H3. The molecule has 0 unspecified atom stereocenters. The first-order valence-electron chi connectivity index (χ1n) is 7.06. The molecule has 1 aromatic heterocycles. The van der Waals surface area contributed by atoms with E-state index in [0.717, 1.165) is 23.2 Å². The predicted molar refractivity (Wildman–Crippen MR) is 86.9 cm³/mol. The Balaban J connectivity index is 2.00. The number of nitrogens with zero attached hydrogens (tertiary/aromatic N) is 3. The van der Waals surface area contributed by atoms with Crippen LogP contribution >= 0.6 is 11.8 Å². The zero-order chi connectivity index (χ0) is 15.9. The third-order valence-electron chi connectivity index (χ3n) is 3.16. The monoisotopic (exact) mass is 320 g/mol. The highest BCUT2D eigenvalue weighted by atomic mass is 32.2. The Bertz CT molecular complexity index is 625. The molecule has 0 aliphatic carbocycles. The molecule has 0 saturated heterocycles. The predicted octanol–water partition coefficient (Wildman–Crippen LogP) is 2.48. The summed E-state index contributed by atoms with van der Waals surface area (Å²) < 4.78 is 6.63. The van der Waals surface area contributed by atoms with Crippen molar-refractivity contribution in [3.63, 3.8) is 0 Å². The summed E-state index contributed by atoms with van der Waals surface area (Å²) in [5.41, 5.74) is 2.27. The summed E-state index contributed by atoms with van der Waals surface area (Å²) in [7, 11) is 1.38. The first-order chi connectivity index (χ1) is 10.6. The molecule has 22 heavy (non-hydrogen) atoms. The van der Waals surface area contributed by atoms with Gasteiger partial charge in [0.15, 0.2) is 11.0 Å². The maximum Gasteiger partial charge on any atom is 0.316 e. The number of hydrogen-bond donors (Lipinski definition) is 1. The Morgan fingerprint density at radius 2 is 2.05 bits per heavy atom. The largest absolute Gasteiger partial charge is 0.468 e. The zero-order valence-electron chi connectivity index (χ0n) is 13.0. The quantitative estimate of drug-likeness (QED) is 0.624. The second-order valence-corrected chi connectivity index (χ2v) is 5.67. The molecule has 0 atom stereocenters. The molecule has 0 saturated carbocycles. The summed E-state index contributed by atoms with van der Waals surface area (Å²) in [6, 6.07) is 8.19. The van der Waals surface area contributed by atoms with Crippen molar-refractivity contribution in [3.8, 4) is 0 Å². The summed E-state index contributed by atoms with van der Waals surface area (Å²) in [6.07, 6.45) is 0. The average Bonchev–Trinajstić information content (AvgIpc) is 2.94. The molecular weight excluding hydrogens is 300 g/mol. The molecule has 0 spiro atoms. The van der Waals surface area contributed by atoms with Gasteiger partial charge in [0.05, 0.1) is 19.4 Å². The van der Waals surface area contributed by atoms with Crippen LogP contribution in [0.1, 0.15) is 18.3 Å². The molecule has 1 N–H and O–H groups in total. The van der Waals surface area contributed by atoms with Crippen LogP contribution in [0.3, 0.4) is 0 Å². The second-order valence-electron chi connectivity index (χ2n) is 4.73. The fraction of sp³-hybridized carbons (Fsp3) is 0.400. The molecule has 118 valence electrons. The molecule has 0 bridgehead atoms. The molecule has 1 aromatic carbocycles. The molecule has 0 fully saturated rings. The van der Waals surface area contributed by atoms with Crippen LogP contribution in [0.2, 0.25) is 0 Å². The van der Waals surface area contributed by atoms with Crippen molar-refractivity contribution < 1.29 is 9.53 Å².